The predicted molar refractivity (Wildman–Crippen MR) is 106 cm³/mol. The third-order valence-corrected chi connectivity index (χ3v) is 4.72. The Balaban J connectivity index is 1.87. The summed E-state index contributed by atoms with van der Waals surface area (Å²) in [5, 5.41) is 1.22. The summed E-state index contributed by atoms with van der Waals surface area (Å²) in [7, 11) is 3.38. The van der Waals surface area contributed by atoms with E-state index in [1.54, 1.807) is 14.2 Å². The van der Waals surface area contributed by atoms with Crippen LogP contribution < -0.4 is 9.47 Å². The van der Waals surface area contributed by atoms with Crippen molar-refractivity contribution < 1.29 is 9.47 Å². The zero-order valence-electron chi connectivity index (χ0n) is 15.0. The number of nitrogens with one attached hydrogen (secondary N) is 1. The van der Waals surface area contributed by atoms with E-state index in [4.69, 9.17) is 9.47 Å². The molecular weight excluding hydrogens is 322 g/mol. The van der Waals surface area contributed by atoms with Gasteiger partial charge >= 0.3 is 0 Å². The maximum absolute atomic E-state index is 5.39. The molecule has 0 radical (unpaired) electrons. The first-order chi connectivity index (χ1) is 12.8. The van der Waals surface area contributed by atoms with E-state index in [0.717, 1.165) is 34.7 Å². The van der Waals surface area contributed by atoms with Crippen LogP contribution in [0.25, 0.3) is 22.2 Å². The van der Waals surface area contributed by atoms with Crippen LogP contribution in [0.1, 0.15) is 11.1 Å². The van der Waals surface area contributed by atoms with Crippen LogP contribution in [0.5, 0.6) is 11.5 Å². The number of fused-ring (bicyclic) bond motifs is 1. The van der Waals surface area contributed by atoms with Crippen molar-refractivity contribution >= 4 is 10.9 Å². The molecule has 3 nitrogen and oxygen atoms in total. The highest BCUT2D eigenvalue weighted by molar-refractivity contribution is 5.92. The summed E-state index contributed by atoms with van der Waals surface area (Å²) in [4.78, 5) is 3.59. The van der Waals surface area contributed by atoms with E-state index >= 15 is 0 Å². The van der Waals surface area contributed by atoms with Gasteiger partial charge in [0.25, 0.3) is 0 Å². The van der Waals surface area contributed by atoms with Gasteiger partial charge in [-0.2, -0.15) is 0 Å². The molecule has 130 valence electrons. The standard InChI is InChI=1S/C23H21NO2/c1-25-18-10-8-17(9-11-18)23-21(14-16-6-4-3-5-7-16)20-13-12-19(26-2)15-22(20)24-23/h3-13,15,24H,14H2,1-2H3. The van der Waals surface area contributed by atoms with E-state index in [1.165, 1.54) is 16.5 Å². The van der Waals surface area contributed by atoms with Gasteiger partial charge in [0.05, 0.1) is 19.9 Å². The number of rotatable bonds is 5. The first kappa shape index (κ1) is 16.3. The molecule has 0 unspecified atom stereocenters. The highest BCUT2D eigenvalue weighted by Gasteiger charge is 2.14. The lowest BCUT2D eigenvalue weighted by Gasteiger charge is -2.07. The Morgan fingerprint density at radius 1 is 0.769 bits per heavy atom. The third kappa shape index (κ3) is 3.04. The Morgan fingerprint density at radius 2 is 1.46 bits per heavy atom. The molecule has 0 bridgehead atoms. The molecule has 0 aliphatic rings. The second kappa shape index (κ2) is 6.96. The van der Waals surface area contributed by atoms with E-state index in [9.17, 15) is 0 Å². The number of aromatic nitrogens is 1. The number of hydrogen-bond donors (Lipinski definition) is 1. The number of ether oxygens (including phenoxy) is 2. The van der Waals surface area contributed by atoms with Gasteiger partial charge in [0.2, 0.25) is 0 Å². The molecule has 0 aliphatic heterocycles. The molecule has 0 fully saturated rings. The summed E-state index contributed by atoms with van der Waals surface area (Å²) in [5.74, 6) is 1.71. The lowest BCUT2D eigenvalue weighted by molar-refractivity contribution is 0.415. The summed E-state index contributed by atoms with van der Waals surface area (Å²) in [6.07, 6.45) is 0.870. The summed E-state index contributed by atoms with van der Waals surface area (Å²) < 4.78 is 10.7. The zero-order valence-corrected chi connectivity index (χ0v) is 15.0. The van der Waals surface area contributed by atoms with Crippen LogP contribution in [-0.2, 0) is 6.42 Å². The molecule has 26 heavy (non-hydrogen) atoms. The first-order valence-corrected chi connectivity index (χ1v) is 8.65. The van der Waals surface area contributed by atoms with Crippen molar-refractivity contribution in [3.05, 3.63) is 83.9 Å². The molecule has 4 aromatic rings. The van der Waals surface area contributed by atoms with Crippen molar-refractivity contribution in [2.24, 2.45) is 0 Å². The predicted octanol–water partition coefficient (Wildman–Crippen LogP) is 5.44. The van der Waals surface area contributed by atoms with Crippen LogP contribution in [0.2, 0.25) is 0 Å². The normalized spacial score (nSPS) is 10.8. The lowest BCUT2D eigenvalue weighted by Crippen LogP contribution is -1.91. The molecule has 3 aromatic carbocycles. The quantitative estimate of drug-likeness (QED) is 0.523. The Kier molecular flexibility index (Phi) is 4.36. The van der Waals surface area contributed by atoms with Gasteiger partial charge < -0.3 is 14.5 Å². The smallest absolute Gasteiger partial charge is 0.120 e. The van der Waals surface area contributed by atoms with Gasteiger partial charge in [0.15, 0.2) is 0 Å². The molecule has 1 aromatic heterocycles. The molecule has 4 rings (SSSR count). The minimum Gasteiger partial charge on any atom is -0.497 e. The molecule has 0 saturated carbocycles. The summed E-state index contributed by atoms with van der Waals surface area (Å²) in [6, 6.07) is 24.9. The Bertz CT molecular complexity index is 1020. The lowest BCUT2D eigenvalue weighted by atomic mass is 9.98. The van der Waals surface area contributed by atoms with Crippen molar-refractivity contribution in [3.63, 3.8) is 0 Å². The summed E-state index contributed by atoms with van der Waals surface area (Å²) in [5.41, 5.74) is 5.95. The molecule has 0 spiro atoms. The van der Waals surface area contributed by atoms with Crippen LogP contribution in [0.3, 0.4) is 0 Å². The fourth-order valence-electron chi connectivity index (χ4n) is 3.35. The van der Waals surface area contributed by atoms with E-state index in [1.807, 2.05) is 24.3 Å². The molecule has 0 atom stereocenters. The van der Waals surface area contributed by atoms with Gasteiger partial charge in [0, 0.05) is 23.4 Å². The van der Waals surface area contributed by atoms with Crippen molar-refractivity contribution in [1.29, 1.82) is 0 Å². The number of H-pyrrole nitrogens is 1. The van der Waals surface area contributed by atoms with Crippen molar-refractivity contribution in [2.75, 3.05) is 14.2 Å². The van der Waals surface area contributed by atoms with E-state index in [2.05, 4.69) is 53.5 Å². The van der Waals surface area contributed by atoms with Gasteiger partial charge in [0.1, 0.15) is 11.5 Å². The third-order valence-electron chi connectivity index (χ3n) is 4.72. The average Bonchev–Trinajstić information content (AvgIpc) is 3.06. The van der Waals surface area contributed by atoms with E-state index in [-0.39, 0.29) is 0 Å². The maximum Gasteiger partial charge on any atom is 0.120 e. The van der Waals surface area contributed by atoms with Gasteiger partial charge in [-0.3, -0.25) is 0 Å². The van der Waals surface area contributed by atoms with Crippen LogP contribution in [0, 0.1) is 0 Å². The van der Waals surface area contributed by atoms with Gasteiger partial charge in [-0.05, 0) is 53.1 Å². The Morgan fingerprint density at radius 3 is 2.15 bits per heavy atom. The Labute approximate surface area is 153 Å². The van der Waals surface area contributed by atoms with Crippen LogP contribution in [-0.4, -0.2) is 19.2 Å². The summed E-state index contributed by atoms with van der Waals surface area (Å²) >= 11 is 0. The Hall–Kier alpha value is -3.20. The van der Waals surface area contributed by atoms with Crippen molar-refractivity contribution in [2.45, 2.75) is 6.42 Å². The van der Waals surface area contributed by atoms with Crippen LogP contribution in [0.15, 0.2) is 72.8 Å². The minimum atomic E-state index is 0.853. The minimum absolute atomic E-state index is 0.853. The summed E-state index contributed by atoms with van der Waals surface area (Å²) in [6.45, 7) is 0. The average molecular weight is 343 g/mol. The second-order valence-electron chi connectivity index (χ2n) is 6.28. The van der Waals surface area contributed by atoms with E-state index in [0.29, 0.717) is 0 Å². The first-order valence-electron chi connectivity index (χ1n) is 8.65. The SMILES string of the molecule is COc1ccc(-c2[nH]c3cc(OC)ccc3c2Cc2ccccc2)cc1. The topological polar surface area (TPSA) is 34.2 Å². The van der Waals surface area contributed by atoms with Crippen LogP contribution >= 0.6 is 0 Å². The molecule has 1 N–H and O–H groups in total. The van der Waals surface area contributed by atoms with Crippen molar-refractivity contribution in [1.82, 2.24) is 4.98 Å². The number of aromatic amines is 1. The van der Waals surface area contributed by atoms with E-state index < -0.39 is 0 Å². The molecule has 0 amide bonds. The molecular formula is C23H21NO2. The maximum atomic E-state index is 5.39. The highest BCUT2D eigenvalue weighted by Crippen LogP contribution is 2.34. The fraction of sp³-hybridized carbons (Fsp3) is 0.130. The number of hydrogen-bond acceptors (Lipinski definition) is 2. The number of benzene rings is 3. The number of methoxy groups -OCH3 is 2. The largest absolute Gasteiger partial charge is 0.497 e. The second-order valence-corrected chi connectivity index (χ2v) is 6.28. The molecule has 0 saturated heterocycles. The zero-order chi connectivity index (χ0) is 17.9. The molecule has 0 aliphatic carbocycles. The highest BCUT2D eigenvalue weighted by atomic mass is 16.5. The monoisotopic (exact) mass is 343 g/mol. The van der Waals surface area contributed by atoms with Gasteiger partial charge in [-0.1, -0.05) is 30.3 Å². The molecule has 3 heteroatoms. The van der Waals surface area contributed by atoms with Crippen molar-refractivity contribution in [3.8, 4) is 22.8 Å². The fourth-order valence-corrected chi connectivity index (χ4v) is 3.35. The van der Waals surface area contributed by atoms with Crippen LogP contribution in [0.4, 0.5) is 0 Å². The van der Waals surface area contributed by atoms with Gasteiger partial charge in [-0.25, -0.2) is 0 Å². The molecule has 1 heterocycles. The van der Waals surface area contributed by atoms with Gasteiger partial charge in [-0.15, -0.1) is 0 Å².